The smallest absolute Gasteiger partial charge is 0.255 e. The Bertz CT molecular complexity index is 992. The molecule has 1 heterocycles. The van der Waals surface area contributed by atoms with E-state index in [1.807, 2.05) is 30.3 Å². The second kappa shape index (κ2) is 7.32. The van der Waals surface area contributed by atoms with Gasteiger partial charge in [0.25, 0.3) is 5.91 Å². The molecule has 0 spiro atoms. The van der Waals surface area contributed by atoms with Crippen LogP contribution >= 0.6 is 11.6 Å². The van der Waals surface area contributed by atoms with Gasteiger partial charge in [-0.15, -0.1) is 0 Å². The van der Waals surface area contributed by atoms with Crippen molar-refractivity contribution in [1.29, 1.82) is 0 Å². The predicted molar refractivity (Wildman–Crippen MR) is 104 cm³/mol. The van der Waals surface area contributed by atoms with Crippen LogP contribution in [0.5, 0.6) is 0 Å². The minimum atomic E-state index is -3.72. The molecule has 6 nitrogen and oxygen atoms in total. The van der Waals surface area contributed by atoms with Gasteiger partial charge in [0.15, 0.2) is 0 Å². The van der Waals surface area contributed by atoms with E-state index in [1.165, 1.54) is 23.1 Å². The van der Waals surface area contributed by atoms with Crippen LogP contribution in [0.3, 0.4) is 0 Å². The van der Waals surface area contributed by atoms with Gasteiger partial charge in [0.2, 0.25) is 15.9 Å². The molecule has 2 amide bonds. The first-order chi connectivity index (χ1) is 12.7. The first-order valence-electron chi connectivity index (χ1n) is 8.36. The van der Waals surface area contributed by atoms with Crippen LogP contribution in [0.1, 0.15) is 22.8 Å². The van der Waals surface area contributed by atoms with E-state index >= 15 is 0 Å². The van der Waals surface area contributed by atoms with E-state index in [0.717, 1.165) is 9.87 Å². The first kappa shape index (κ1) is 19.4. The molecule has 1 atom stereocenters. The van der Waals surface area contributed by atoms with Crippen molar-refractivity contribution in [2.45, 2.75) is 13.5 Å². The minimum Gasteiger partial charge on any atom is -0.337 e. The van der Waals surface area contributed by atoms with Gasteiger partial charge in [-0.2, -0.15) is 0 Å². The third kappa shape index (κ3) is 3.84. The average molecular weight is 407 g/mol. The number of benzene rings is 2. The number of halogens is 1. The second-order valence-electron chi connectivity index (χ2n) is 6.59. The van der Waals surface area contributed by atoms with Crippen molar-refractivity contribution in [3.8, 4) is 0 Å². The van der Waals surface area contributed by atoms with Crippen molar-refractivity contribution >= 4 is 39.1 Å². The lowest BCUT2D eigenvalue weighted by Gasteiger charge is -2.20. The predicted octanol–water partition coefficient (Wildman–Crippen LogP) is 2.92. The molecule has 0 N–H and O–H groups in total. The summed E-state index contributed by atoms with van der Waals surface area (Å²) in [6.07, 6.45) is 0. The van der Waals surface area contributed by atoms with Crippen molar-refractivity contribution in [3.05, 3.63) is 64.7 Å². The molecule has 0 aliphatic carbocycles. The summed E-state index contributed by atoms with van der Waals surface area (Å²) in [4.78, 5) is 26.4. The molecular weight excluding hydrogens is 388 g/mol. The van der Waals surface area contributed by atoms with Gasteiger partial charge < -0.3 is 4.90 Å². The molecule has 2 aromatic rings. The molecule has 1 saturated heterocycles. The highest BCUT2D eigenvalue weighted by Crippen LogP contribution is 2.31. The number of hydrogen-bond donors (Lipinski definition) is 0. The maximum Gasteiger partial charge on any atom is 0.255 e. The molecule has 0 bridgehead atoms. The Balaban J connectivity index is 1.85. The zero-order chi connectivity index (χ0) is 19.8. The van der Waals surface area contributed by atoms with Gasteiger partial charge in [0, 0.05) is 13.6 Å². The number of carbonyl (C=O) groups is 2. The van der Waals surface area contributed by atoms with E-state index in [9.17, 15) is 18.0 Å². The quantitative estimate of drug-likeness (QED) is 0.782. The van der Waals surface area contributed by atoms with Gasteiger partial charge in [-0.25, -0.2) is 12.7 Å². The number of carbonyl (C=O) groups excluding carboxylic acids is 2. The fourth-order valence-corrected chi connectivity index (χ4v) is 5.09. The maximum absolute atomic E-state index is 12.7. The van der Waals surface area contributed by atoms with Crippen molar-refractivity contribution in [2.75, 3.05) is 17.1 Å². The van der Waals surface area contributed by atoms with Crippen LogP contribution in [0.25, 0.3) is 0 Å². The van der Waals surface area contributed by atoms with Gasteiger partial charge in [0.1, 0.15) is 0 Å². The Morgan fingerprint density at radius 1 is 1.22 bits per heavy atom. The molecular formula is C19H19ClN2O4S. The SMILES string of the molecule is CC1CS(=O)(=O)N(c2ccc(C(=O)N(C)Cc3ccccc3)c(Cl)c2)C1=O. The molecule has 1 fully saturated rings. The summed E-state index contributed by atoms with van der Waals surface area (Å²) in [5.41, 5.74) is 1.37. The highest BCUT2D eigenvalue weighted by molar-refractivity contribution is 7.94. The molecule has 27 heavy (non-hydrogen) atoms. The lowest BCUT2D eigenvalue weighted by molar-refractivity contribution is -0.119. The van der Waals surface area contributed by atoms with Gasteiger partial charge in [-0.05, 0) is 23.8 Å². The zero-order valence-corrected chi connectivity index (χ0v) is 16.5. The molecule has 3 rings (SSSR count). The first-order valence-corrected chi connectivity index (χ1v) is 10.3. The fraction of sp³-hybridized carbons (Fsp3) is 0.263. The molecule has 0 aromatic heterocycles. The van der Waals surface area contributed by atoms with Crippen LogP contribution in [0, 0.1) is 5.92 Å². The maximum atomic E-state index is 12.7. The number of sulfonamides is 1. The number of anilines is 1. The monoisotopic (exact) mass is 406 g/mol. The van der Waals surface area contributed by atoms with Crippen LogP contribution in [0.2, 0.25) is 5.02 Å². The van der Waals surface area contributed by atoms with Gasteiger partial charge in [0.05, 0.1) is 27.9 Å². The number of rotatable bonds is 4. The summed E-state index contributed by atoms with van der Waals surface area (Å²) < 4.78 is 25.2. The molecule has 0 saturated carbocycles. The lowest BCUT2D eigenvalue weighted by Crippen LogP contribution is -2.30. The van der Waals surface area contributed by atoms with Crippen molar-refractivity contribution in [1.82, 2.24) is 4.90 Å². The molecule has 2 aromatic carbocycles. The molecule has 142 valence electrons. The van der Waals surface area contributed by atoms with E-state index in [4.69, 9.17) is 11.6 Å². The third-order valence-corrected chi connectivity index (χ3v) is 6.57. The van der Waals surface area contributed by atoms with Crippen LogP contribution < -0.4 is 4.31 Å². The topological polar surface area (TPSA) is 74.8 Å². The Kier molecular flexibility index (Phi) is 5.26. The Morgan fingerprint density at radius 2 is 1.89 bits per heavy atom. The molecule has 1 aliphatic heterocycles. The highest BCUT2D eigenvalue weighted by Gasteiger charge is 2.42. The largest absolute Gasteiger partial charge is 0.337 e. The Hall–Kier alpha value is -2.38. The molecule has 1 unspecified atom stereocenters. The number of amides is 2. The summed E-state index contributed by atoms with van der Waals surface area (Å²) in [6.45, 7) is 1.98. The van der Waals surface area contributed by atoms with Crippen LogP contribution in [0.15, 0.2) is 48.5 Å². The summed E-state index contributed by atoms with van der Waals surface area (Å²) in [5.74, 6) is -1.62. The molecule has 0 radical (unpaired) electrons. The van der Waals surface area contributed by atoms with Crippen LogP contribution in [-0.4, -0.2) is 37.9 Å². The second-order valence-corrected chi connectivity index (χ2v) is 8.86. The van der Waals surface area contributed by atoms with Crippen molar-refractivity contribution in [2.24, 2.45) is 5.92 Å². The summed E-state index contributed by atoms with van der Waals surface area (Å²) in [6, 6.07) is 13.7. The van der Waals surface area contributed by atoms with E-state index in [-0.39, 0.29) is 27.9 Å². The minimum absolute atomic E-state index is 0.0972. The van der Waals surface area contributed by atoms with Crippen molar-refractivity contribution < 1.29 is 18.0 Å². The highest BCUT2D eigenvalue weighted by atomic mass is 35.5. The average Bonchev–Trinajstić information content (AvgIpc) is 2.82. The summed E-state index contributed by atoms with van der Waals surface area (Å²) in [5, 5.41) is 0.0972. The number of hydrogen-bond acceptors (Lipinski definition) is 4. The Morgan fingerprint density at radius 3 is 2.44 bits per heavy atom. The standard InChI is InChI=1S/C19H19ClN2O4S/c1-13-12-27(25,26)22(18(13)23)15-8-9-16(17(20)10-15)19(24)21(2)11-14-6-4-3-5-7-14/h3-10,13H,11-12H2,1-2H3. The number of nitrogens with zero attached hydrogens (tertiary/aromatic N) is 2. The van der Waals surface area contributed by atoms with Crippen LogP contribution in [0.4, 0.5) is 5.69 Å². The van der Waals surface area contributed by atoms with Crippen LogP contribution in [-0.2, 0) is 21.4 Å². The summed E-state index contributed by atoms with van der Waals surface area (Å²) in [7, 11) is -2.05. The molecule has 8 heteroatoms. The third-order valence-electron chi connectivity index (χ3n) is 4.39. The normalized spacial score (nSPS) is 18.6. The summed E-state index contributed by atoms with van der Waals surface area (Å²) >= 11 is 6.25. The van der Waals surface area contributed by atoms with Gasteiger partial charge in [-0.3, -0.25) is 9.59 Å². The van der Waals surface area contributed by atoms with Gasteiger partial charge in [-0.1, -0.05) is 48.9 Å². The lowest BCUT2D eigenvalue weighted by atomic mass is 10.1. The molecule has 1 aliphatic rings. The van der Waals surface area contributed by atoms with E-state index < -0.39 is 21.8 Å². The van der Waals surface area contributed by atoms with Gasteiger partial charge >= 0.3 is 0 Å². The zero-order valence-electron chi connectivity index (χ0n) is 14.9. The van der Waals surface area contributed by atoms with E-state index in [0.29, 0.717) is 6.54 Å². The fourth-order valence-electron chi connectivity index (χ4n) is 3.03. The van der Waals surface area contributed by atoms with E-state index in [1.54, 1.807) is 14.0 Å². The van der Waals surface area contributed by atoms with E-state index in [2.05, 4.69) is 0 Å². The van der Waals surface area contributed by atoms with Crippen molar-refractivity contribution in [3.63, 3.8) is 0 Å². The Labute approximate surface area is 163 Å².